The average molecular weight is 234 g/mol. The molecule has 5 nitrogen and oxygen atoms in total. The Hall–Kier alpha value is -2.17. The predicted molar refractivity (Wildman–Crippen MR) is 56.2 cm³/mol. The maximum atomic E-state index is 11.4. The molecule has 0 amide bonds. The van der Waals surface area contributed by atoms with E-state index in [-0.39, 0.29) is 6.42 Å². The van der Waals surface area contributed by atoms with E-state index in [0.29, 0.717) is 11.1 Å². The van der Waals surface area contributed by atoms with Gasteiger partial charge in [-0.2, -0.15) is 0 Å². The average Bonchev–Trinajstić information content (AvgIpc) is 2.67. The summed E-state index contributed by atoms with van der Waals surface area (Å²) >= 11 is 0. The Kier molecular flexibility index (Phi) is 2.91. The van der Waals surface area contributed by atoms with E-state index >= 15 is 0 Å². The first-order chi connectivity index (χ1) is 8.11. The van der Waals surface area contributed by atoms with Crippen molar-refractivity contribution >= 4 is 17.9 Å². The number of hydrogen-bond donors (Lipinski definition) is 0. The highest BCUT2D eigenvalue weighted by atomic mass is 16.6. The predicted octanol–water partition coefficient (Wildman–Crippen LogP) is 1.03. The number of cyclic esters (lactones) is 2. The van der Waals surface area contributed by atoms with Crippen LogP contribution in [0.3, 0.4) is 0 Å². The van der Waals surface area contributed by atoms with E-state index in [2.05, 4.69) is 9.47 Å². The lowest BCUT2D eigenvalue weighted by Gasteiger charge is -2.06. The van der Waals surface area contributed by atoms with Crippen molar-refractivity contribution in [3.05, 3.63) is 35.4 Å². The van der Waals surface area contributed by atoms with Gasteiger partial charge in [0.2, 0.25) is 0 Å². The van der Waals surface area contributed by atoms with Crippen molar-refractivity contribution in [3.8, 4) is 0 Å². The minimum absolute atomic E-state index is 0.0173. The Morgan fingerprint density at radius 2 is 2.18 bits per heavy atom. The molecule has 0 N–H and O–H groups in total. The van der Waals surface area contributed by atoms with Crippen molar-refractivity contribution in [2.24, 2.45) is 0 Å². The monoisotopic (exact) mass is 234 g/mol. The van der Waals surface area contributed by atoms with Gasteiger partial charge in [0.1, 0.15) is 0 Å². The fourth-order valence-electron chi connectivity index (χ4n) is 1.73. The van der Waals surface area contributed by atoms with Gasteiger partial charge in [0.05, 0.1) is 25.0 Å². The zero-order valence-electron chi connectivity index (χ0n) is 9.14. The Labute approximate surface area is 97.3 Å². The van der Waals surface area contributed by atoms with Gasteiger partial charge in [-0.25, -0.2) is 4.79 Å². The third-order valence-electron chi connectivity index (χ3n) is 2.58. The SMILES string of the molecule is COC(=O)c1cccc(C2CC(=O)OC2=O)c1. The molecule has 0 bridgehead atoms. The molecule has 0 aromatic heterocycles. The van der Waals surface area contributed by atoms with Crippen LogP contribution in [-0.4, -0.2) is 25.0 Å². The van der Waals surface area contributed by atoms with E-state index in [9.17, 15) is 14.4 Å². The third kappa shape index (κ3) is 2.18. The standard InChI is InChI=1S/C12H10O5/c1-16-11(14)8-4-2-3-7(5-8)9-6-10(13)17-12(9)15/h2-5,9H,6H2,1H3. The van der Waals surface area contributed by atoms with Crippen LogP contribution in [-0.2, 0) is 19.1 Å². The molecule has 1 aliphatic rings. The Bertz CT molecular complexity index is 491. The number of carbonyl (C=O) groups is 3. The second kappa shape index (κ2) is 4.37. The molecule has 1 fully saturated rings. The first kappa shape index (κ1) is 11.3. The zero-order chi connectivity index (χ0) is 12.4. The molecule has 1 aliphatic heterocycles. The van der Waals surface area contributed by atoms with E-state index in [1.165, 1.54) is 13.2 Å². The van der Waals surface area contributed by atoms with Crippen LogP contribution in [0.4, 0.5) is 0 Å². The van der Waals surface area contributed by atoms with Gasteiger partial charge in [-0.1, -0.05) is 12.1 Å². The van der Waals surface area contributed by atoms with Gasteiger partial charge in [-0.15, -0.1) is 0 Å². The van der Waals surface area contributed by atoms with E-state index in [1.54, 1.807) is 18.2 Å². The lowest BCUT2D eigenvalue weighted by Crippen LogP contribution is -2.08. The van der Waals surface area contributed by atoms with Gasteiger partial charge >= 0.3 is 17.9 Å². The van der Waals surface area contributed by atoms with Gasteiger partial charge in [-0.05, 0) is 17.7 Å². The largest absolute Gasteiger partial charge is 0.465 e. The number of benzene rings is 1. The minimum atomic E-state index is -0.618. The molecular weight excluding hydrogens is 224 g/mol. The van der Waals surface area contributed by atoms with Crippen molar-refractivity contribution in [2.45, 2.75) is 12.3 Å². The number of carbonyl (C=O) groups excluding carboxylic acids is 3. The normalized spacial score (nSPS) is 19.0. The van der Waals surface area contributed by atoms with Crippen LogP contribution in [0.15, 0.2) is 24.3 Å². The number of esters is 3. The van der Waals surface area contributed by atoms with Gasteiger partial charge in [-0.3, -0.25) is 9.59 Å². The van der Waals surface area contributed by atoms with Crippen LogP contribution in [0.1, 0.15) is 28.3 Å². The summed E-state index contributed by atoms with van der Waals surface area (Å²) < 4.78 is 9.04. The molecule has 1 saturated heterocycles. The summed E-state index contributed by atoms with van der Waals surface area (Å²) in [7, 11) is 1.28. The maximum Gasteiger partial charge on any atom is 0.337 e. The van der Waals surface area contributed by atoms with Crippen LogP contribution in [0, 0.1) is 0 Å². The summed E-state index contributed by atoms with van der Waals surface area (Å²) in [5, 5.41) is 0. The summed E-state index contributed by atoms with van der Waals surface area (Å²) in [6.07, 6.45) is 0.0173. The van der Waals surface area contributed by atoms with Crippen molar-refractivity contribution in [3.63, 3.8) is 0 Å². The Morgan fingerprint density at radius 3 is 2.76 bits per heavy atom. The van der Waals surface area contributed by atoms with E-state index < -0.39 is 23.8 Å². The molecule has 0 saturated carbocycles. The third-order valence-corrected chi connectivity index (χ3v) is 2.58. The fourth-order valence-corrected chi connectivity index (χ4v) is 1.73. The van der Waals surface area contributed by atoms with Crippen molar-refractivity contribution in [2.75, 3.05) is 7.11 Å². The molecule has 5 heteroatoms. The number of rotatable bonds is 2. The lowest BCUT2D eigenvalue weighted by molar-refractivity contribution is -0.152. The summed E-state index contributed by atoms with van der Waals surface area (Å²) in [6.45, 7) is 0. The topological polar surface area (TPSA) is 69.7 Å². The molecule has 0 spiro atoms. The molecule has 88 valence electrons. The highest BCUT2D eigenvalue weighted by Crippen LogP contribution is 2.27. The molecule has 1 aromatic rings. The van der Waals surface area contributed by atoms with E-state index in [4.69, 9.17) is 0 Å². The second-order valence-corrected chi connectivity index (χ2v) is 3.67. The van der Waals surface area contributed by atoms with Crippen LogP contribution >= 0.6 is 0 Å². The first-order valence-corrected chi connectivity index (χ1v) is 5.04. The van der Waals surface area contributed by atoms with Crippen LogP contribution in [0.5, 0.6) is 0 Å². The van der Waals surface area contributed by atoms with Gasteiger partial charge in [0.15, 0.2) is 0 Å². The Balaban J connectivity index is 2.30. The number of methoxy groups -OCH3 is 1. The summed E-state index contributed by atoms with van der Waals surface area (Å²) in [5.74, 6) is -2.21. The molecule has 0 radical (unpaired) electrons. The number of ether oxygens (including phenoxy) is 2. The maximum absolute atomic E-state index is 11.4. The molecule has 1 atom stereocenters. The van der Waals surface area contributed by atoms with Crippen molar-refractivity contribution < 1.29 is 23.9 Å². The minimum Gasteiger partial charge on any atom is -0.465 e. The lowest BCUT2D eigenvalue weighted by atomic mass is 9.96. The Morgan fingerprint density at radius 1 is 1.41 bits per heavy atom. The molecule has 1 heterocycles. The van der Waals surface area contributed by atoms with Crippen molar-refractivity contribution in [1.29, 1.82) is 0 Å². The number of hydrogen-bond acceptors (Lipinski definition) is 5. The van der Waals surface area contributed by atoms with E-state index in [1.807, 2.05) is 0 Å². The highest BCUT2D eigenvalue weighted by molar-refractivity contribution is 5.98. The van der Waals surface area contributed by atoms with Gasteiger partial charge in [0.25, 0.3) is 0 Å². The van der Waals surface area contributed by atoms with E-state index in [0.717, 1.165) is 0 Å². The summed E-state index contributed by atoms with van der Waals surface area (Å²) in [4.78, 5) is 33.7. The van der Waals surface area contributed by atoms with Crippen molar-refractivity contribution in [1.82, 2.24) is 0 Å². The first-order valence-electron chi connectivity index (χ1n) is 5.04. The quantitative estimate of drug-likeness (QED) is 0.564. The summed E-state index contributed by atoms with van der Waals surface area (Å²) in [5.41, 5.74) is 0.931. The fraction of sp³-hybridized carbons (Fsp3) is 0.250. The zero-order valence-corrected chi connectivity index (χ0v) is 9.14. The summed E-state index contributed by atoms with van der Waals surface area (Å²) in [6, 6.07) is 6.43. The molecule has 17 heavy (non-hydrogen) atoms. The molecular formula is C12H10O5. The smallest absolute Gasteiger partial charge is 0.337 e. The van der Waals surface area contributed by atoms with Crippen LogP contribution < -0.4 is 0 Å². The van der Waals surface area contributed by atoms with Gasteiger partial charge in [0, 0.05) is 0 Å². The molecule has 0 aliphatic carbocycles. The molecule has 1 aromatic carbocycles. The molecule has 2 rings (SSSR count). The van der Waals surface area contributed by atoms with Crippen LogP contribution in [0.2, 0.25) is 0 Å². The van der Waals surface area contributed by atoms with Crippen LogP contribution in [0.25, 0.3) is 0 Å². The second-order valence-electron chi connectivity index (χ2n) is 3.67. The highest BCUT2D eigenvalue weighted by Gasteiger charge is 2.34. The molecule has 1 unspecified atom stereocenters. The van der Waals surface area contributed by atoms with Gasteiger partial charge < -0.3 is 9.47 Å².